The maximum atomic E-state index is 11.4. The van der Waals surface area contributed by atoms with Crippen molar-refractivity contribution < 1.29 is 8.42 Å². The Bertz CT molecular complexity index is 731. The number of sulfone groups is 1. The maximum Gasteiger partial charge on any atom is 0.152 e. The summed E-state index contributed by atoms with van der Waals surface area (Å²) in [6.07, 6.45) is 0.620. The number of hydrogen-bond acceptors (Lipinski definition) is 4. The van der Waals surface area contributed by atoms with Crippen molar-refractivity contribution in [3.63, 3.8) is 0 Å². The summed E-state index contributed by atoms with van der Waals surface area (Å²) in [5.41, 5.74) is 0. The standard InChI is InChI=1S/C13H13ClN2O2S/c14-13-11-4-2-1-3-9(11)7-12(16-13)15-10-5-6-19(17,18)8-10/h1-4,7,10H,5-6,8H2,(H,15,16). The molecule has 1 aliphatic rings. The van der Waals surface area contributed by atoms with Crippen molar-refractivity contribution in [1.82, 2.24) is 4.98 Å². The maximum absolute atomic E-state index is 11.4. The van der Waals surface area contributed by atoms with Gasteiger partial charge in [0.2, 0.25) is 0 Å². The zero-order chi connectivity index (χ0) is 13.5. The molecule has 1 aliphatic heterocycles. The fraction of sp³-hybridized carbons (Fsp3) is 0.308. The third kappa shape index (κ3) is 2.67. The van der Waals surface area contributed by atoms with Gasteiger partial charge in [0, 0.05) is 11.4 Å². The van der Waals surface area contributed by atoms with Crippen LogP contribution in [0.2, 0.25) is 5.15 Å². The number of pyridine rings is 1. The number of nitrogens with one attached hydrogen (secondary N) is 1. The van der Waals surface area contributed by atoms with Crippen LogP contribution < -0.4 is 5.32 Å². The van der Waals surface area contributed by atoms with E-state index in [1.807, 2.05) is 30.3 Å². The molecule has 4 nitrogen and oxygen atoms in total. The normalized spacial score (nSPS) is 21.6. The molecule has 6 heteroatoms. The fourth-order valence-corrected chi connectivity index (χ4v) is 4.28. The van der Waals surface area contributed by atoms with Crippen molar-refractivity contribution in [2.45, 2.75) is 12.5 Å². The second-order valence-electron chi connectivity index (χ2n) is 4.76. The van der Waals surface area contributed by atoms with E-state index in [1.54, 1.807) is 0 Å². The van der Waals surface area contributed by atoms with Gasteiger partial charge in [-0.25, -0.2) is 13.4 Å². The number of hydrogen-bond donors (Lipinski definition) is 1. The second kappa shape index (κ2) is 4.65. The van der Waals surface area contributed by atoms with Crippen molar-refractivity contribution in [2.75, 3.05) is 16.8 Å². The third-order valence-corrected chi connectivity index (χ3v) is 5.33. The van der Waals surface area contributed by atoms with E-state index in [9.17, 15) is 8.42 Å². The Labute approximate surface area is 116 Å². The van der Waals surface area contributed by atoms with E-state index in [1.165, 1.54) is 0 Å². The first-order valence-corrected chi connectivity index (χ1v) is 8.26. The zero-order valence-electron chi connectivity index (χ0n) is 10.1. The Balaban J connectivity index is 1.90. The summed E-state index contributed by atoms with van der Waals surface area (Å²) < 4.78 is 22.8. The number of fused-ring (bicyclic) bond motifs is 1. The van der Waals surface area contributed by atoms with Crippen LogP contribution in [0.3, 0.4) is 0 Å². The average Bonchev–Trinajstić information content (AvgIpc) is 2.69. The molecule has 100 valence electrons. The van der Waals surface area contributed by atoms with Crippen LogP contribution in [0.4, 0.5) is 5.82 Å². The summed E-state index contributed by atoms with van der Waals surface area (Å²) in [5.74, 6) is 1.04. The molecule has 19 heavy (non-hydrogen) atoms. The first kappa shape index (κ1) is 12.7. The van der Waals surface area contributed by atoms with Gasteiger partial charge in [0.25, 0.3) is 0 Å². The Kier molecular flexibility index (Phi) is 3.11. The van der Waals surface area contributed by atoms with Gasteiger partial charge < -0.3 is 5.32 Å². The molecule has 1 unspecified atom stereocenters. The minimum absolute atomic E-state index is 0.0743. The summed E-state index contributed by atoms with van der Waals surface area (Å²) in [6, 6.07) is 9.53. The average molecular weight is 297 g/mol. The number of nitrogens with zero attached hydrogens (tertiary/aromatic N) is 1. The lowest BCUT2D eigenvalue weighted by Crippen LogP contribution is -2.21. The van der Waals surface area contributed by atoms with Crippen molar-refractivity contribution in [2.24, 2.45) is 0 Å². The van der Waals surface area contributed by atoms with Crippen LogP contribution in [0, 0.1) is 0 Å². The highest BCUT2D eigenvalue weighted by molar-refractivity contribution is 7.91. The van der Waals surface area contributed by atoms with Gasteiger partial charge in [0.15, 0.2) is 9.84 Å². The number of benzene rings is 1. The van der Waals surface area contributed by atoms with Crippen molar-refractivity contribution in [3.05, 3.63) is 35.5 Å². The van der Waals surface area contributed by atoms with Crippen LogP contribution in [0.15, 0.2) is 30.3 Å². The molecule has 0 amide bonds. The molecule has 1 aromatic carbocycles. The Morgan fingerprint density at radius 2 is 2.11 bits per heavy atom. The number of halogens is 1. The zero-order valence-corrected chi connectivity index (χ0v) is 11.7. The predicted molar refractivity (Wildman–Crippen MR) is 77.4 cm³/mol. The van der Waals surface area contributed by atoms with Crippen LogP contribution >= 0.6 is 11.6 Å². The molecule has 1 N–H and O–H groups in total. The molecular formula is C13H13ClN2O2S. The van der Waals surface area contributed by atoms with E-state index < -0.39 is 9.84 Å². The molecule has 1 aromatic heterocycles. The van der Waals surface area contributed by atoms with E-state index in [2.05, 4.69) is 10.3 Å². The summed E-state index contributed by atoms with van der Waals surface area (Å²) in [7, 11) is -2.89. The van der Waals surface area contributed by atoms with Gasteiger partial charge in [-0.1, -0.05) is 35.9 Å². The minimum Gasteiger partial charge on any atom is -0.366 e. The molecule has 1 atom stereocenters. The molecule has 3 rings (SSSR count). The van der Waals surface area contributed by atoms with E-state index >= 15 is 0 Å². The minimum atomic E-state index is -2.89. The molecule has 1 fully saturated rings. The Hall–Kier alpha value is -1.33. The summed E-state index contributed by atoms with van der Waals surface area (Å²) in [4.78, 5) is 4.27. The molecule has 0 aliphatic carbocycles. The quantitative estimate of drug-likeness (QED) is 0.865. The highest BCUT2D eigenvalue weighted by Gasteiger charge is 2.28. The smallest absolute Gasteiger partial charge is 0.152 e. The van der Waals surface area contributed by atoms with Gasteiger partial charge in [0.1, 0.15) is 11.0 Å². The first-order chi connectivity index (χ1) is 9.03. The lowest BCUT2D eigenvalue weighted by molar-refractivity contribution is 0.602. The molecule has 2 aromatic rings. The lowest BCUT2D eigenvalue weighted by atomic mass is 10.2. The molecule has 0 spiro atoms. The van der Waals surface area contributed by atoms with Crippen LogP contribution in [0.5, 0.6) is 0 Å². The highest BCUT2D eigenvalue weighted by Crippen LogP contribution is 2.25. The van der Waals surface area contributed by atoms with Crippen LogP contribution in [-0.4, -0.2) is 30.9 Å². The second-order valence-corrected chi connectivity index (χ2v) is 7.35. The number of anilines is 1. The largest absolute Gasteiger partial charge is 0.366 e. The lowest BCUT2D eigenvalue weighted by Gasteiger charge is -2.12. The van der Waals surface area contributed by atoms with Crippen molar-refractivity contribution in [1.29, 1.82) is 0 Å². The Morgan fingerprint density at radius 3 is 2.84 bits per heavy atom. The van der Waals surface area contributed by atoms with E-state index in [0.29, 0.717) is 17.4 Å². The SMILES string of the molecule is O=S1(=O)CCC(Nc2cc3ccccc3c(Cl)n2)C1. The molecule has 0 radical (unpaired) electrons. The van der Waals surface area contributed by atoms with Gasteiger partial charge in [-0.15, -0.1) is 0 Å². The number of rotatable bonds is 2. The first-order valence-electron chi connectivity index (χ1n) is 6.06. The molecule has 0 saturated carbocycles. The highest BCUT2D eigenvalue weighted by atomic mass is 35.5. The van der Waals surface area contributed by atoms with Crippen LogP contribution in [0.25, 0.3) is 10.8 Å². The number of aromatic nitrogens is 1. The van der Waals surface area contributed by atoms with E-state index in [0.717, 1.165) is 10.8 Å². The predicted octanol–water partition coefficient (Wildman–Crippen LogP) is 2.49. The van der Waals surface area contributed by atoms with Gasteiger partial charge in [-0.3, -0.25) is 0 Å². The van der Waals surface area contributed by atoms with Gasteiger partial charge in [-0.2, -0.15) is 0 Å². The van der Waals surface area contributed by atoms with Crippen LogP contribution in [0.1, 0.15) is 6.42 Å². The van der Waals surface area contributed by atoms with E-state index in [-0.39, 0.29) is 17.5 Å². The van der Waals surface area contributed by atoms with Gasteiger partial charge in [-0.05, 0) is 17.9 Å². The molecule has 1 saturated heterocycles. The topological polar surface area (TPSA) is 59.1 Å². The molecule has 0 bridgehead atoms. The van der Waals surface area contributed by atoms with Crippen molar-refractivity contribution in [3.8, 4) is 0 Å². The Morgan fingerprint density at radius 1 is 1.32 bits per heavy atom. The summed E-state index contributed by atoms with van der Waals surface area (Å²) >= 11 is 6.13. The van der Waals surface area contributed by atoms with E-state index in [4.69, 9.17) is 11.6 Å². The van der Waals surface area contributed by atoms with Gasteiger partial charge in [0.05, 0.1) is 11.5 Å². The summed E-state index contributed by atoms with van der Waals surface area (Å²) in [6.45, 7) is 0. The summed E-state index contributed by atoms with van der Waals surface area (Å²) in [5, 5.41) is 5.48. The molecular weight excluding hydrogens is 284 g/mol. The van der Waals surface area contributed by atoms with Crippen molar-refractivity contribution >= 4 is 38.0 Å². The monoisotopic (exact) mass is 296 g/mol. The van der Waals surface area contributed by atoms with Gasteiger partial charge >= 0.3 is 0 Å². The molecule has 2 heterocycles. The third-order valence-electron chi connectivity index (χ3n) is 3.28. The fourth-order valence-electron chi connectivity index (χ4n) is 2.35. The van der Waals surface area contributed by atoms with Crippen LogP contribution in [-0.2, 0) is 9.84 Å².